The number of ether oxygens (including phenoxy) is 1. The van der Waals surface area contributed by atoms with Crippen molar-refractivity contribution in [2.75, 3.05) is 6.61 Å². The highest BCUT2D eigenvalue weighted by Gasteiger charge is 2.10. The van der Waals surface area contributed by atoms with Gasteiger partial charge < -0.3 is 4.74 Å². The monoisotopic (exact) mass is 220 g/mol. The lowest BCUT2D eigenvalue weighted by atomic mass is 10.1. The molecule has 1 amide bonds. The van der Waals surface area contributed by atoms with Crippen molar-refractivity contribution in [1.29, 1.82) is 0 Å². The van der Waals surface area contributed by atoms with Gasteiger partial charge in [-0.2, -0.15) is 0 Å². The zero-order valence-corrected chi connectivity index (χ0v) is 9.16. The normalized spacial score (nSPS) is 13.6. The molecule has 4 heteroatoms. The van der Waals surface area contributed by atoms with E-state index < -0.39 is 0 Å². The number of aryl methyl sites for hydroxylation is 2. The third kappa shape index (κ3) is 2.59. The van der Waals surface area contributed by atoms with Crippen LogP contribution in [-0.2, 0) is 29.0 Å². The fourth-order valence-corrected chi connectivity index (χ4v) is 2.02. The number of carbonyl (C=O) groups is 1. The summed E-state index contributed by atoms with van der Waals surface area (Å²) in [5.41, 5.74) is 6.01. The van der Waals surface area contributed by atoms with Crippen LogP contribution in [0.3, 0.4) is 0 Å². The molecule has 1 aromatic carbocycles. The lowest BCUT2D eigenvalue weighted by Gasteiger charge is -2.05. The maximum absolute atomic E-state index is 10.8. The van der Waals surface area contributed by atoms with E-state index in [2.05, 4.69) is 18.2 Å². The van der Waals surface area contributed by atoms with E-state index in [1.807, 2.05) is 5.43 Å². The van der Waals surface area contributed by atoms with Gasteiger partial charge in [0.25, 0.3) is 5.91 Å². The molecule has 0 aliphatic heterocycles. The van der Waals surface area contributed by atoms with Gasteiger partial charge in [0.2, 0.25) is 0 Å². The number of benzene rings is 1. The van der Waals surface area contributed by atoms with Crippen molar-refractivity contribution in [1.82, 2.24) is 5.43 Å². The molecule has 0 heterocycles. The quantitative estimate of drug-likeness (QED) is 0.445. The highest BCUT2D eigenvalue weighted by molar-refractivity contribution is 5.76. The van der Waals surface area contributed by atoms with Gasteiger partial charge in [0.05, 0.1) is 6.61 Å². The van der Waals surface area contributed by atoms with Crippen LogP contribution in [0.5, 0.6) is 0 Å². The fourth-order valence-electron chi connectivity index (χ4n) is 2.02. The Hall–Kier alpha value is -1.39. The summed E-state index contributed by atoms with van der Waals surface area (Å²) in [5.74, 6) is 4.64. The van der Waals surface area contributed by atoms with E-state index in [4.69, 9.17) is 10.6 Å². The number of amides is 1. The van der Waals surface area contributed by atoms with Gasteiger partial charge >= 0.3 is 0 Å². The highest BCUT2D eigenvalue weighted by Crippen LogP contribution is 2.22. The lowest BCUT2D eigenvalue weighted by Crippen LogP contribution is -2.33. The molecule has 4 nitrogen and oxygen atoms in total. The third-order valence-electron chi connectivity index (χ3n) is 2.83. The molecular weight excluding hydrogens is 204 g/mol. The molecule has 0 saturated carbocycles. The summed E-state index contributed by atoms with van der Waals surface area (Å²) in [4.78, 5) is 10.8. The fraction of sp³-hybridized carbons (Fsp3) is 0.417. The summed E-state index contributed by atoms with van der Waals surface area (Å²) in [6.07, 6.45) is 3.59. The van der Waals surface area contributed by atoms with Crippen LogP contribution in [0.1, 0.15) is 23.1 Å². The van der Waals surface area contributed by atoms with Crippen molar-refractivity contribution in [3.63, 3.8) is 0 Å². The number of fused-ring (bicyclic) bond motifs is 1. The SMILES string of the molecule is NNC(=O)COCc1ccc2c(c1)CCC2. The van der Waals surface area contributed by atoms with Crippen molar-refractivity contribution in [3.05, 3.63) is 34.9 Å². The molecule has 16 heavy (non-hydrogen) atoms. The molecule has 0 fully saturated rings. The Morgan fingerprint density at radius 3 is 3.00 bits per heavy atom. The Labute approximate surface area is 94.8 Å². The maximum Gasteiger partial charge on any atom is 0.259 e. The first-order valence-corrected chi connectivity index (χ1v) is 5.47. The van der Waals surface area contributed by atoms with Gasteiger partial charge in [0.1, 0.15) is 6.61 Å². The van der Waals surface area contributed by atoms with Gasteiger partial charge in [-0.15, -0.1) is 0 Å². The molecule has 2 rings (SSSR count). The van der Waals surface area contributed by atoms with Crippen molar-refractivity contribution in [2.24, 2.45) is 5.84 Å². The van der Waals surface area contributed by atoms with Crippen LogP contribution < -0.4 is 11.3 Å². The summed E-state index contributed by atoms with van der Waals surface area (Å²) >= 11 is 0. The number of hydrogen-bond acceptors (Lipinski definition) is 3. The van der Waals surface area contributed by atoms with Crippen molar-refractivity contribution in [3.8, 4) is 0 Å². The molecule has 3 N–H and O–H groups in total. The van der Waals surface area contributed by atoms with Crippen LogP contribution in [0.4, 0.5) is 0 Å². The van der Waals surface area contributed by atoms with Gasteiger partial charge in [-0.05, 0) is 36.0 Å². The highest BCUT2D eigenvalue weighted by atomic mass is 16.5. The molecule has 1 aromatic rings. The Balaban J connectivity index is 1.88. The lowest BCUT2D eigenvalue weighted by molar-refractivity contribution is -0.126. The van der Waals surface area contributed by atoms with Gasteiger partial charge in [-0.25, -0.2) is 5.84 Å². The Bertz CT molecular complexity index is 391. The number of hydrazine groups is 1. The molecule has 0 saturated heterocycles. The minimum atomic E-state index is -0.304. The third-order valence-corrected chi connectivity index (χ3v) is 2.83. The molecule has 1 aliphatic carbocycles. The average molecular weight is 220 g/mol. The topological polar surface area (TPSA) is 64.3 Å². The molecule has 86 valence electrons. The second kappa shape index (κ2) is 5.09. The largest absolute Gasteiger partial charge is 0.367 e. The summed E-state index contributed by atoms with van der Waals surface area (Å²) < 4.78 is 5.24. The molecule has 0 atom stereocenters. The number of nitrogens with one attached hydrogen (secondary N) is 1. The van der Waals surface area contributed by atoms with Crippen LogP contribution in [0, 0.1) is 0 Å². The van der Waals surface area contributed by atoms with Gasteiger partial charge in [-0.1, -0.05) is 18.2 Å². The van der Waals surface area contributed by atoms with Crippen LogP contribution in [0.2, 0.25) is 0 Å². The van der Waals surface area contributed by atoms with Crippen molar-refractivity contribution in [2.45, 2.75) is 25.9 Å². The predicted molar refractivity (Wildman–Crippen MR) is 60.5 cm³/mol. The molecular formula is C12H16N2O2. The number of carbonyl (C=O) groups excluding carboxylic acids is 1. The summed E-state index contributed by atoms with van der Waals surface area (Å²) in [6, 6.07) is 6.39. The van der Waals surface area contributed by atoms with Crippen LogP contribution >= 0.6 is 0 Å². The zero-order valence-electron chi connectivity index (χ0n) is 9.16. The average Bonchev–Trinajstić information content (AvgIpc) is 2.76. The van der Waals surface area contributed by atoms with E-state index in [0.29, 0.717) is 6.61 Å². The first-order valence-electron chi connectivity index (χ1n) is 5.47. The van der Waals surface area contributed by atoms with Crippen molar-refractivity contribution < 1.29 is 9.53 Å². The number of nitrogens with two attached hydrogens (primary N) is 1. The minimum absolute atomic E-state index is 0.00752. The molecule has 1 aliphatic rings. The first-order chi connectivity index (χ1) is 7.79. The van der Waals surface area contributed by atoms with Crippen LogP contribution in [0.15, 0.2) is 18.2 Å². The minimum Gasteiger partial charge on any atom is -0.367 e. The number of rotatable bonds is 4. The molecule has 0 spiro atoms. The second-order valence-corrected chi connectivity index (χ2v) is 4.02. The van der Waals surface area contributed by atoms with Crippen molar-refractivity contribution >= 4 is 5.91 Å². The molecule has 0 radical (unpaired) electrons. The summed E-state index contributed by atoms with van der Waals surface area (Å²) in [6.45, 7) is 0.467. The molecule has 0 aromatic heterocycles. The smallest absolute Gasteiger partial charge is 0.259 e. The Morgan fingerprint density at radius 1 is 1.38 bits per heavy atom. The van der Waals surface area contributed by atoms with Crippen LogP contribution in [-0.4, -0.2) is 12.5 Å². The predicted octanol–water partition coefficient (Wildman–Crippen LogP) is 0.682. The Morgan fingerprint density at radius 2 is 2.19 bits per heavy atom. The van der Waals surface area contributed by atoms with Crippen LogP contribution in [0.25, 0.3) is 0 Å². The number of hydrogen-bond donors (Lipinski definition) is 2. The second-order valence-electron chi connectivity index (χ2n) is 4.02. The standard InChI is InChI=1S/C12H16N2O2/c13-14-12(15)8-16-7-9-4-5-10-2-1-3-11(10)6-9/h4-6H,1-3,7-8,13H2,(H,14,15). The Kier molecular flexibility index (Phi) is 3.54. The van der Waals surface area contributed by atoms with E-state index in [-0.39, 0.29) is 12.5 Å². The summed E-state index contributed by atoms with van der Waals surface area (Å²) in [7, 11) is 0. The van der Waals surface area contributed by atoms with E-state index in [1.165, 1.54) is 24.0 Å². The van der Waals surface area contributed by atoms with Gasteiger partial charge in [0.15, 0.2) is 0 Å². The van der Waals surface area contributed by atoms with E-state index >= 15 is 0 Å². The summed E-state index contributed by atoms with van der Waals surface area (Å²) in [5, 5.41) is 0. The van der Waals surface area contributed by atoms with E-state index in [9.17, 15) is 4.79 Å². The molecule has 0 unspecified atom stereocenters. The van der Waals surface area contributed by atoms with Gasteiger partial charge in [-0.3, -0.25) is 10.2 Å². The maximum atomic E-state index is 10.8. The zero-order chi connectivity index (χ0) is 11.4. The first kappa shape index (κ1) is 11.1. The van der Waals surface area contributed by atoms with Gasteiger partial charge in [0, 0.05) is 0 Å². The van der Waals surface area contributed by atoms with E-state index in [0.717, 1.165) is 12.0 Å². The molecule has 0 bridgehead atoms. The van der Waals surface area contributed by atoms with E-state index in [1.54, 1.807) is 0 Å².